The molecule has 2 aromatic heterocycles. The van der Waals surface area contributed by atoms with Crippen LogP contribution < -0.4 is 5.32 Å². The highest BCUT2D eigenvalue weighted by molar-refractivity contribution is 5.95. The van der Waals surface area contributed by atoms with Gasteiger partial charge in [0.15, 0.2) is 0 Å². The van der Waals surface area contributed by atoms with Crippen molar-refractivity contribution in [1.82, 2.24) is 25.5 Å². The molecule has 0 spiro atoms. The van der Waals surface area contributed by atoms with Gasteiger partial charge in [0.1, 0.15) is 11.5 Å². The first-order valence-corrected chi connectivity index (χ1v) is 10.9. The van der Waals surface area contributed by atoms with E-state index in [-0.39, 0.29) is 5.91 Å². The van der Waals surface area contributed by atoms with Crippen molar-refractivity contribution in [1.29, 1.82) is 0 Å². The van der Waals surface area contributed by atoms with Gasteiger partial charge in [-0.2, -0.15) is 5.10 Å². The number of aryl methyl sites for hydroxylation is 2. The van der Waals surface area contributed by atoms with Crippen molar-refractivity contribution in [3.8, 4) is 22.6 Å². The van der Waals surface area contributed by atoms with E-state index < -0.39 is 0 Å². The van der Waals surface area contributed by atoms with Gasteiger partial charge < -0.3 is 10.3 Å². The van der Waals surface area contributed by atoms with Crippen LogP contribution in [0.3, 0.4) is 0 Å². The van der Waals surface area contributed by atoms with Gasteiger partial charge >= 0.3 is 0 Å². The molecule has 2 heterocycles. The van der Waals surface area contributed by atoms with Gasteiger partial charge in [-0.05, 0) is 49.6 Å². The van der Waals surface area contributed by atoms with Crippen LogP contribution in [-0.4, -0.2) is 26.1 Å². The van der Waals surface area contributed by atoms with Crippen molar-refractivity contribution >= 4 is 16.9 Å². The summed E-state index contributed by atoms with van der Waals surface area (Å²) in [5.74, 6) is 0.668. The van der Waals surface area contributed by atoms with Crippen LogP contribution in [0.1, 0.15) is 32.7 Å². The number of nitrogens with one attached hydrogen (secondary N) is 3. The lowest BCUT2D eigenvalue weighted by Gasteiger charge is -2.06. The molecule has 0 fully saturated rings. The number of aromatic nitrogens is 4. The number of amides is 1. The number of imidazole rings is 1. The molecule has 6 nitrogen and oxygen atoms in total. The predicted octanol–water partition coefficient (Wildman–Crippen LogP) is 5.48. The number of hydrogen-bond acceptors (Lipinski definition) is 3. The maximum Gasteiger partial charge on any atom is 0.269 e. The summed E-state index contributed by atoms with van der Waals surface area (Å²) in [7, 11) is 0. The minimum Gasteiger partial charge on any atom is -0.347 e. The van der Waals surface area contributed by atoms with Gasteiger partial charge in [0.05, 0.1) is 16.7 Å². The molecule has 0 saturated carbocycles. The zero-order chi connectivity index (χ0) is 22.9. The van der Waals surface area contributed by atoms with E-state index in [0.717, 1.165) is 44.8 Å². The summed E-state index contributed by atoms with van der Waals surface area (Å²) in [5, 5.41) is 10.2. The van der Waals surface area contributed by atoms with Gasteiger partial charge in [-0.15, -0.1) is 0 Å². The standard InChI is InChI=1S/C27H25N5O/c1-16-13-22-23(14-17(16)2)30-26(29-22)21-11-9-19(10-12-21)15-28-27(33)25-18(3)24(31-32-25)20-7-5-4-6-8-20/h4-14H,15H2,1-3H3,(H,28,33)(H,29,30)(H,31,32). The van der Waals surface area contributed by atoms with Crippen LogP contribution in [0.2, 0.25) is 0 Å². The highest BCUT2D eigenvalue weighted by Gasteiger charge is 2.16. The zero-order valence-corrected chi connectivity index (χ0v) is 18.9. The van der Waals surface area contributed by atoms with Gasteiger partial charge in [-0.25, -0.2) is 4.98 Å². The van der Waals surface area contributed by atoms with Gasteiger partial charge in [0.25, 0.3) is 5.91 Å². The normalized spacial score (nSPS) is 11.1. The lowest BCUT2D eigenvalue weighted by atomic mass is 10.1. The van der Waals surface area contributed by atoms with E-state index in [0.29, 0.717) is 12.2 Å². The van der Waals surface area contributed by atoms with Crippen molar-refractivity contribution in [2.24, 2.45) is 0 Å². The third-order valence-electron chi connectivity index (χ3n) is 6.06. The number of rotatable bonds is 5. The number of benzene rings is 3. The monoisotopic (exact) mass is 435 g/mol. The molecule has 164 valence electrons. The number of H-pyrrole nitrogens is 2. The van der Waals surface area contributed by atoms with Crippen molar-refractivity contribution in [3.63, 3.8) is 0 Å². The Morgan fingerprint density at radius 1 is 0.909 bits per heavy atom. The Hall–Kier alpha value is -4.19. The van der Waals surface area contributed by atoms with E-state index in [4.69, 9.17) is 4.98 Å². The first kappa shape index (κ1) is 20.7. The first-order chi connectivity index (χ1) is 16.0. The lowest BCUT2D eigenvalue weighted by molar-refractivity contribution is 0.0945. The number of carbonyl (C=O) groups excluding carboxylic acids is 1. The van der Waals surface area contributed by atoms with Crippen LogP contribution >= 0.6 is 0 Å². The van der Waals surface area contributed by atoms with Crippen LogP contribution in [-0.2, 0) is 6.54 Å². The van der Waals surface area contributed by atoms with E-state index in [9.17, 15) is 4.79 Å². The van der Waals surface area contributed by atoms with Crippen LogP contribution in [0.5, 0.6) is 0 Å². The molecule has 0 atom stereocenters. The number of nitrogens with zero attached hydrogens (tertiary/aromatic N) is 2. The molecule has 0 unspecified atom stereocenters. The Morgan fingerprint density at radius 3 is 2.39 bits per heavy atom. The molecule has 0 aliphatic heterocycles. The Morgan fingerprint density at radius 2 is 1.64 bits per heavy atom. The van der Waals surface area contributed by atoms with E-state index in [1.165, 1.54) is 11.1 Å². The quantitative estimate of drug-likeness (QED) is 0.342. The van der Waals surface area contributed by atoms with Crippen LogP contribution in [0.4, 0.5) is 0 Å². The molecular formula is C27H25N5O. The molecule has 6 heteroatoms. The molecule has 3 aromatic carbocycles. The van der Waals surface area contributed by atoms with Crippen LogP contribution in [0, 0.1) is 20.8 Å². The van der Waals surface area contributed by atoms with Crippen LogP contribution in [0.25, 0.3) is 33.7 Å². The first-order valence-electron chi connectivity index (χ1n) is 10.9. The van der Waals surface area contributed by atoms with Gasteiger partial charge in [-0.1, -0.05) is 54.6 Å². The van der Waals surface area contributed by atoms with Gasteiger partial charge in [-0.3, -0.25) is 9.89 Å². The van der Waals surface area contributed by atoms with Crippen LogP contribution in [0.15, 0.2) is 66.7 Å². The highest BCUT2D eigenvalue weighted by atomic mass is 16.1. The fourth-order valence-corrected chi connectivity index (χ4v) is 3.95. The molecule has 0 aliphatic carbocycles. The Bertz CT molecular complexity index is 1410. The van der Waals surface area contributed by atoms with Gasteiger partial charge in [0.2, 0.25) is 0 Å². The number of aromatic amines is 2. The summed E-state index contributed by atoms with van der Waals surface area (Å²) in [6, 6.07) is 22.1. The maximum atomic E-state index is 12.7. The topological polar surface area (TPSA) is 86.5 Å². The minimum absolute atomic E-state index is 0.172. The molecule has 5 aromatic rings. The lowest BCUT2D eigenvalue weighted by Crippen LogP contribution is -2.23. The molecule has 33 heavy (non-hydrogen) atoms. The predicted molar refractivity (Wildman–Crippen MR) is 131 cm³/mol. The summed E-state index contributed by atoms with van der Waals surface area (Å²) < 4.78 is 0. The van der Waals surface area contributed by atoms with E-state index in [1.54, 1.807) is 0 Å². The number of fused-ring (bicyclic) bond motifs is 1. The average molecular weight is 436 g/mol. The number of carbonyl (C=O) groups is 1. The van der Waals surface area contributed by atoms with Crippen molar-refractivity contribution in [3.05, 3.63) is 94.7 Å². The molecule has 5 rings (SSSR count). The summed E-state index contributed by atoms with van der Waals surface area (Å²) in [6.07, 6.45) is 0. The van der Waals surface area contributed by atoms with Gasteiger partial charge in [0, 0.05) is 23.2 Å². The highest BCUT2D eigenvalue weighted by Crippen LogP contribution is 2.24. The SMILES string of the molecule is Cc1cc2nc(-c3ccc(CNC(=O)c4[nH]nc(-c5ccccc5)c4C)cc3)[nH]c2cc1C. The maximum absolute atomic E-state index is 12.7. The second-order valence-electron chi connectivity index (χ2n) is 8.36. The Labute approximate surface area is 192 Å². The minimum atomic E-state index is -0.172. The molecule has 0 radical (unpaired) electrons. The van der Waals surface area contributed by atoms with Crippen molar-refractivity contribution in [2.45, 2.75) is 27.3 Å². The second kappa shape index (κ2) is 8.39. The molecule has 0 saturated heterocycles. The molecule has 0 bridgehead atoms. The summed E-state index contributed by atoms with van der Waals surface area (Å²) in [5.41, 5.74) is 9.59. The van der Waals surface area contributed by atoms with Crippen molar-refractivity contribution < 1.29 is 4.79 Å². The molecular weight excluding hydrogens is 410 g/mol. The Kier molecular flexibility index (Phi) is 5.26. The van der Waals surface area contributed by atoms with Crippen molar-refractivity contribution in [2.75, 3.05) is 0 Å². The fraction of sp³-hybridized carbons (Fsp3) is 0.148. The third-order valence-corrected chi connectivity index (χ3v) is 6.06. The molecule has 1 amide bonds. The fourth-order valence-electron chi connectivity index (χ4n) is 3.95. The summed E-state index contributed by atoms with van der Waals surface area (Å²) >= 11 is 0. The smallest absolute Gasteiger partial charge is 0.269 e. The average Bonchev–Trinajstić information content (AvgIpc) is 3.42. The van der Waals surface area contributed by atoms with E-state index >= 15 is 0 Å². The molecule has 3 N–H and O–H groups in total. The summed E-state index contributed by atoms with van der Waals surface area (Å²) in [6.45, 7) is 6.54. The number of hydrogen-bond donors (Lipinski definition) is 3. The third kappa shape index (κ3) is 4.03. The summed E-state index contributed by atoms with van der Waals surface area (Å²) in [4.78, 5) is 20.9. The van der Waals surface area contributed by atoms with E-state index in [2.05, 4.69) is 46.5 Å². The Balaban J connectivity index is 1.28. The zero-order valence-electron chi connectivity index (χ0n) is 18.9. The second-order valence-corrected chi connectivity index (χ2v) is 8.36. The van der Waals surface area contributed by atoms with E-state index in [1.807, 2.05) is 61.5 Å². The largest absolute Gasteiger partial charge is 0.347 e. The molecule has 0 aliphatic rings.